The van der Waals surface area contributed by atoms with Crippen LogP contribution in [0.2, 0.25) is 0 Å². The van der Waals surface area contributed by atoms with Crippen LogP contribution < -0.4 is 10.6 Å². The second kappa shape index (κ2) is 10.8. The molecule has 1 aliphatic heterocycles. The van der Waals surface area contributed by atoms with E-state index in [1.807, 2.05) is 30.3 Å². The molecule has 2 rings (SSSR count). The fourth-order valence-corrected chi connectivity index (χ4v) is 3.25. The number of aliphatic hydroxyl groups excluding tert-OH is 1. The number of urea groups is 1. The molecule has 0 bridgehead atoms. The maximum absolute atomic E-state index is 12.4. The Hall–Kier alpha value is -2.12. The molecule has 0 radical (unpaired) electrons. The number of carboxylic acids is 1. The highest BCUT2D eigenvalue weighted by molar-refractivity contribution is 5.75. The predicted molar refractivity (Wildman–Crippen MR) is 96.9 cm³/mol. The Morgan fingerprint density at radius 1 is 1.15 bits per heavy atom. The Kier molecular flexibility index (Phi) is 8.37. The van der Waals surface area contributed by atoms with Crippen LogP contribution in [0.15, 0.2) is 30.3 Å². The summed E-state index contributed by atoms with van der Waals surface area (Å²) in [5.74, 6) is -0.702. The van der Waals surface area contributed by atoms with E-state index >= 15 is 0 Å². The third-order valence-corrected chi connectivity index (χ3v) is 4.71. The Morgan fingerprint density at radius 3 is 2.46 bits per heavy atom. The van der Waals surface area contributed by atoms with Gasteiger partial charge in [-0.3, -0.25) is 4.79 Å². The number of aliphatic hydroxyl groups is 1. The Labute approximate surface area is 153 Å². The van der Waals surface area contributed by atoms with Gasteiger partial charge in [0.05, 0.1) is 12.6 Å². The average molecular weight is 364 g/mol. The van der Waals surface area contributed by atoms with Crippen molar-refractivity contribution in [3.05, 3.63) is 35.9 Å². The maximum atomic E-state index is 12.4. The Bertz CT molecular complexity index is 560. The van der Waals surface area contributed by atoms with Gasteiger partial charge in [-0.05, 0) is 37.2 Å². The second-order valence-electron chi connectivity index (χ2n) is 6.68. The van der Waals surface area contributed by atoms with Gasteiger partial charge in [0.1, 0.15) is 0 Å². The van der Waals surface area contributed by atoms with Gasteiger partial charge in [0.15, 0.2) is 0 Å². The van der Waals surface area contributed by atoms with Crippen molar-refractivity contribution >= 4 is 12.0 Å². The number of carbonyl (C=O) groups is 2. The van der Waals surface area contributed by atoms with Crippen LogP contribution in [-0.4, -0.2) is 54.1 Å². The number of hydrogen-bond donors (Lipinski definition) is 4. The average Bonchev–Trinajstić information content (AvgIpc) is 2.65. The molecule has 7 heteroatoms. The van der Waals surface area contributed by atoms with E-state index in [9.17, 15) is 14.7 Å². The van der Waals surface area contributed by atoms with E-state index in [1.54, 1.807) is 0 Å². The molecule has 2 atom stereocenters. The van der Waals surface area contributed by atoms with Crippen molar-refractivity contribution in [2.45, 2.75) is 44.2 Å². The molecule has 2 amide bonds. The van der Waals surface area contributed by atoms with Gasteiger partial charge < -0.3 is 25.6 Å². The summed E-state index contributed by atoms with van der Waals surface area (Å²) in [4.78, 5) is 23.3. The molecule has 4 N–H and O–H groups in total. The zero-order valence-electron chi connectivity index (χ0n) is 14.9. The number of ether oxygens (including phenoxy) is 1. The van der Waals surface area contributed by atoms with Crippen LogP contribution >= 0.6 is 0 Å². The van der Waals surface area contributed by atoms with Crippen LogP contribution in [0.1, 0.15) is 31.2 Å². The Morgan fingerprint density at radius 2 is 1.85 bits per heavy atom. The molecule has 1 fully saturated rings. The van der Waals surface area contributed by atoms with E-state index in [2.05, 4.69) is 10.6 Å². The van der Waals surface area contributed by atoms with Gasteiger partial charge in [-0.25, -0.2) is 4.79 Å². The summed E-state index contributed by atoms with van der Waals surface area (Å²) in [5, 5.41) is 24.3. The van der Waals surface area contributed by atoms with Crippen molar-refractivity contribution in [3.8, 4) is 0 Å². The highest BCUT2D eigenvalue weighted by atomic mass is 16.5. The molecular weight excluding hydrogens is 336 g/mol. The molecule has 26 heavy (non-hydrogen) atoms. The monoisotopic (exact) mass is 364 g/mol. The number of amides is 2. The molecule has 1 heterocycles. The van der Waals surface area contributed by atoms with Crippen LogP contribution in [0.25, 0.3) is 0 Å². The SMILES string of the molecule is O=C(O)CCC(Cc1ccccc1)NC(=O)NC(CO)C1CCOCC1. The third kappa shape index (κ3) is 7.01. The van der Waals surface area contributed by atoms with Crippen LogP contribution in [0.4, 0.5) is 4.79 Å². The standard InChI is InChI=1S/C19H28N2O5/c22-13-17(15-8-10-26-11-9-15)21-19(25)20-16(6-7-18(23)24)12-14-4-2-1-3-5-14/h1-5,15-17,22H,6-13H2,(H,23,24)(H2,20,21,25). The summed E-state index contributed by atoms with van der Waals surface area (Å²) in [7, 11) is 0. The number of nitrogens with one attached hydrogen (secondary N) is 2. The van der Waals surface area contributed by atoms with Gasteiger partial charge in [-0.2, -0.15) is 0 Å². The predicted octanol–water partition coefficient (Wildman–Crippen LogP) is 1.55. The van der Waals surface area contributed by atoms with Gasteiger partial charge in [-0.15, -0.1) is 0 Å². The van der Waals surface area contributed by atoms with Crippen molar-refractivity contribution in [3.63, 3.8) is 0 Å². The highest BCUT2D eigenvalue weighted by Gasteiger charge is 2.25. The largest absolute Gasteiger partial charge is 0.481 e. The normalized spacial score (nSPS) is 17.3. The van der Waals surface area contributed by atoms with Crippen molar-refractivity contribution in [1.29, 1.82) is 0 Å². The summed E-state index contributed by atoms with van der Waals surface area (Å²) < 4.78 is 5.32. The van der Waals surface area contributed by atoms with Gasteiger partial charge in [0, 0.05) is 25.7 Å². The summed E-state index contributed by atoms with van der Waals surface area (Å²) in [6.45, 7) is 1.15. The number of hydrogen-bond acceptors (Lipinski definition) is 4. The van der Waals surface area contributed by atoms with E-state index in [1.165, 1.54) is 0 Å². The molecule has 7 nitrogen and oxygen atoms in total. The number of benzene rings is 1. The fourth-order valence-electron chi connectivity index (χ4n) is 3.25. The first-order valence-corrected chi connectivity index (χ1v) is 9.10. The molecule has 2 unspecified atom stereocenters. The van der Waals surface area contributed by atoms with Crippen molar-refractivity contribution in [2.75, 3.05) is 19.8 Å². The number of carbonyl (C=O) groups excluding carboxylic acids is 1. The van der Waals surface area contributed by atoms with Gasteiger partial charge in [-0.1, -0.05) is 30.3 Å². The molecule has 144 valence electrons. The van der Waals surface area contributed by atoms with Gasteiger partial charge >= 0.3 is 12.0 Å². The first-order valence-electron chi connectivity index (χ1n) is 9.10. The second-order valence-corrected chi connectivity index (χ2v) is 6.68. The van der Waals surface area contributed by atoms with Crippen LogP contribution in [0, 0.1) is 5.92 Å². The van der Waals surface area contributed by atoms with E-state index in [4.69, 9.17) is 9.84 Å². The lowest BCUT2D eigenvalue weighted by Gasteiger charge is -2.30. The molecular formula is C19H28N2O5. The van der Waals surface area contributed by atoms with Crippen LogP contribution in [-0.2, 0) is 16.0 Å². The quantitative estimate of drug-likeness (QED) is 0.532. The van der Waals surface area contributed by atoms with Crippen molar-refractivity contribution in [1.82, 2.24) is 10.6 Å². The summed E-state index contributed by atoms with van der Waals surface area (Å²) >= 11 is 0. The lowest BCUT2D eigenvalue weighted by Crippen LogP contribution is -2.51. The van der Waals surface area contributed by atoms with E-state index in [0.29, 0.717) is 26.1 Å². The minimum absolute atomic E-state index is 0.0127. The molecule has 1 aromatic rings. The first kappa shape index (κ1) is 20.2. The zero-order chi connectivity index (χ0) is 18.8. The molecule has 1 saturated heterocycles. The fraction of sp³-hybridized carbons (Fsp3) is 0.579. The third-order valence-electron chi connectivity index (χ3n) is 4.71. The Balaban J connectivity index is 1.91. The molecule has 0 saturated carbocycles. The van der Waals surface area contributed by atoms with Crippen LogP contribution in [0.3, 0.4) is 0 Å². The van der Waals surface area contributed by atoms with Gasteiger partial charge in [0.25, 0.3) is 0 Å². The minimum atomic E-state index is -0.888. The van der Waals surface area contributed by atoms with Crippen LogP contribution in [0.5, 0.6) is 0 Å². The number of rotatable bonds is 9. The number of aliphatic carboxylic acids is 1. The van der Waals surface area contributed by atoms with E-state index < -0.39 is 5.97 Å². The lowest BCUT2D eigenvalue weighted by molar-refractivity contribution is -0.137. The molecule has 0 spiro atoms. The first-order chi connectivity index (χ1) is 12.6. The van der Waals surface area contributed by atoms with Gasteiger partial charge in [0.2, 0.25) is 0 Å². The van der Waals surface area contributed by atoms with Crippen molar-refractivity contribution in [2.24, 2.45) is 5.92 Å². The van der Waals surface area contributed by atoms with E-state index in [-0.39, 0.29) is 37.1 Å². The molecule has 1 aromatic carbocycles. The van der Waals surface area contributed by atoms with Crippen molar-refractivity contribution < 1.29 is 24.5 Å². The molecule has 0 aliphatic carbocycles. The van der Waals surface area contributed by atoms with E-state index in [0.717, 1.165) is 18.4 Å². The zero-order valence-corrected chi connectivity index (χ0v) is 14.9. The highest BCUT2D eigenvalue weighted by Crippen LogP contribution is 2.18. The minimum Gasteiger partial charge on any atom is -0.481 e. The lowest BCUT2D eigenvalue weighted by atomic mass is 9.92. The summed E-state index contributed by atoms with van der Waals surface area (Å²) in [6, 6.07) is 8.65. The summed E-state index contributed by atoms with van der Waals surface area (Å²) in [5.41, 5.74) is 1.03. The molecule has 1 aliphatic rings. The maximum Gasteiger partial charge on any atom is 0.315 e. The number of carboxylic acid groups (broad SMARTS) is 1. The smallest absolute Gasteiger partial charge is 0.315 e. The topological polar surface area (TPSA) is 108 Å². The summed E-state index contributed by atoms with van der Waals surface area (Å²) in [6.07, 6.45) is 2.50. The molecule has 0 aromatic heterocycles.